The summed E-state index contributed by atoms with van der Waals surface area (Å²) in [6.07, 6.45) is 21.7. The molecule has 0 saturated carbocycles. The molecule has 0 radical (unpaired) electrons. The summed E-state index contributed by atoms with van der Waals surface area (Å²) in [7, 11) is 0. The minimum absolute atomic E-state index is 0.0291. The van der Waals surface area contributed by atoms with Gasteiger partial charge in [-0.05, 0) is 19.4 Å². The van der Waals surface area contributed by atoms with Gasteiger partial charge in [-0.3, -0.25) is 4.79 Å². The molecule has 4 nitrogen and oxygen atoms in total. The maximum absolute atomic E-state index is 12.2. The van der Waals surface area contributed by atoms with Crippen LogP contribution in [0.5, 0.6) is 5.75 Å². The fraction of sp³-hybridized carbons (Fsp3) is 0.750. The minimum atomic E-state index is -0.268. The number of para-hydroxylation sites is 1. The summed E-state index contributed by atoms with van der Waals surface area (Å²) in [5, 5.41) is 16.0. The van der Waals surface area contributed by atoms with Crippen molar-refractivity contribution < 1.29 is 9.90 Å². The second kappa shape index (κ2) is 20.1. The topological polar surface area (TPSA) is 61.4 Å². The molecule has 0 spiro atoms. The first-order valence-electron chi connectivity index (χ1n) is 13.4. The standard InChI is InChI=1S/C28H50N2O2/c1-3-4-5-6-7-8-9-10-11-12-13-14-15-16-17-20-23-29-28(32)25(2)30-24-26-21-18-19-22-27(26)31/h18-19,21-22,25,30-31H,3-17,20,23-24H2,1-2H3,(H,29,32)/t25-/m0/s1. The lowest BCUT2D eigenvalue weighted by atomic mass is 10.0. The Morgan fingerprint density at radius 1 is 0.781 bits per heavy atom. The number of phenols is 1. The molecule has 0 aromatic heterocycles. The van der Waals surface area contributed by atoms with Crippen LogP contribution < -0.4 is 10.6 Å². The van der Waals surface area contributed by atoms with Crippen molar-refractivity contribution >= 4 is 5.91 Å². The van der Waals surface area contributed by atoms with Gasteiger partial charge in [0.25, 0.3) is 0 Å². The number of rotatable bonds is 21. The average molecular weight is 447 g/mol. The third-order valence-corrected chi connectivity index (χ3v) is 6.31. The molecule has 184 valence electrons. The van der Waals surface area contributed by atoms with E-state index >= 15 is 0 Å². The fourth-order valence-electron chi connectivity index (χ4n) is 4.05. The summed E-state index contributed by atoms with van der Waals surface area (Å²) in [6, 6.07) is 6.95. The predicted octanol–water partition coefficient (Wildman–Crippen LogP) is 7.25. The summed E-state index contributed by atoms with van der Waals surface area (Å²) in [5.41, 5.74) is 0.810. The monoisotopic (exact) mass is 446 g/mol. The van der Waals surface area contributed by atoms with Gasteiger partial charge in [0.05, 0.1) is 6.04 Å². The normalized spacial score (nSPS) is 12.1. The molecule has 32 heavy (non-hydrogen) atoms. The maximum atomic E-state index is 12.2. The number of hydrogen-bond acceptors (Lipinski definition) is 3. The van der Waals surface area contributed by atoms with E-state index in [-0.39, 0.29) is 17.7 Å². The lowest BCUT2D eigenvalue weighted by molar-refractivity contribution is -0.122. The van der Waals surface area contributed by atoms with Crippen molar-refractivity contribution in [2.45, 2.75) is 129 Å². The van der Waals surface area contributed by atoms with Crippen LogP contribution in [0.2, 0.25) is 0 Å². The number of hydrogen-bond donors (Lipinski definition) is 3. The van der Waals surface area contributed by atoms with Crippen LogP contribution in [-0.2, 0) is 11.3 Å². The minimum Gasteiger partial charge on any atom is -0.508 e. The van der Waals surface area contributed by atoms with Crippen LogP contribution in [0.3, 0.4) is 0 Å². The van der Waals surface area contributed by atoms with Crippen molar-refractivity contribution in [3.05, 3.63) is 29.8 Å². The second-order valence-corrected chi connectivity index (χ2v) is 9.33. The Balaban J connectivity index is 1.84. The zero-order chi connectivity index (χ0) is 23.3. The van der Waals surface area contributed by atoms with Crippen molar-refractivity contribution in [2.24, 2.45) is 0 Å². The molecule has 1 atom stereocenters. The SMILES string of the molecule is CCCCCCCCCCCCCCCCCCNC(=O)[C@H](C)NCc1ccccc1O. The lowest BCUT2D eigenvalue weighted by Gasteiger charge is -2.14. The van der Waals surface area contributed by atoms with E-state index in [9.17, 15) is 9.90 Å². The molecule has 0 aliphatic rings. The van der Waals surface area contributed by atoms with Gasteiger partial charge in [-0.15, -0.1) is 0 Å². The largest absolute Gasteiger partial charge is 0.508 e. The Labute approximate surface area is 198 Å². The number of aromatic hydroxyl groups is 1. The van der Waals surface area contributed by atoms with Crippen molar-refractivity contribution in [3.8, 4) is 5.75 Å². The first-order valence-corrected chi connectivity index (χ1v) is 13.4. The Hall–Kier alpha value is -1.55. The molecule has 1 aromatic carbocycles. The van der Waals surface area contributed by atoms with Crippen molar-refractivity contribution in [3.63, 3.8) is 0 Å². The smallest absolute Gasteiger partial charge is 0.236 e. The van der Waals surface area contributed by atoms with Crippen LogP contribution in [0.1, 0.15) is 122 Å². The third-order valence-electron chi connectivity index (χ3n) is 6.31. The highest BCUT2D eigenvalue weighted by Gasteiger charge is 2.12. The van der Waals surface area contributed by atoms with Gasteiger partial charge in [-0.25, -0.2) is 0 Å². The quantitative estimate of drug-likeness (QED) is 0.174. The highest BCUT2D eigenvalue weighted by Crippen LogP contribution is 2.15. The van der Waals surface area contributed by atoms with Gasteiger partial charge in [0.2, 0.25) is 5.91 Å². The van der Waals surface area contributed by atoms with Crippen molar-refractivity contribution in [1.82, 2.24) is 10.6 Å². The molecule has 1 rings (SSSR count). The van der Waals surface area contributed by atoms with Gasteiger partial charge in [-0.2, -0.15) is 0 Å². The number of phenolic OH excluding ortho intramolecular Hbond substituents is 1. The zero-order valence-electron chi connectivity index (χ0n) is 21.0. The van der Waals surface area contributed by atoms with Crippen LogP contribution in [-0.4, -0.2) is 23.6 Å². The van der Waals surface area contributed by atoms with Crippen molar-refractivity contribution in [2.75, 3.05) is 6.54 Å². The molecule has 3 N–H and O–H groups in total. The highest BCUT2D eigenvalue weighted by atomic mass is 16.3. The van der Waals surface area contributed by atoms with E-state index < -0.39 is 0 Å². The Morgan fingerprint density at radius 3 is 1.75 bits per heavy atom. The van der Waals surface area contributed by atoms with Gasteiger partial charge in [0.15, 0.2) is 0 Å². The molecule has 0 saturated heterocycles. The van der Waals surface area contributed by atoms with E-state index in [4.69, 9.17) is 0 Å². The third kappa shape index (κ3) is 15.3. The van der Waals surface area contributed by atoms with Gasteiger partial charge in [-0.1, -0.05) is 121 Å². The number of carbonyl (C=O) groups is 1. The predicted molar refractivity (Wildman–Crippen MR) is 137 cm³/mol. The molecule has 0 aliphatic heterocycles. The maximum Gasteiger partial charge on any atom is 0.236 e. The average Bonchev–Trinajstić information content (AvgIpc) is 2.80. The highest BCUT2D eigenvalue weighted by molar-refractivity contribution is 5.81. The summed E-state index contributed by atoms with van der Waals surface area (Å²) in [6.45, 7) is 5.38. The van der Waals surface area contributed by atoms with Gasteiger partial charge >= 0.3 is 0 Å². The molecular formula is C28H50N2O2. The van der Waals surface area contributed by atoms with Gasteiger partial charge in [0.1, 0.15) is 5.75 Å². The Kier molecular flexibility index (Phi) is 17.9. The van der Waals surface area contributed by atoms with E-state index in [0.717, 1.165) is 18.5 Å². The Bertz CT molecular complexity index is 576. The van der Waals surface area contributed by atoms with Crippen LogP contribution in [0.25, 0.3) is 0 Å². The molecule has 0 bridgehead atoms. The van der Waals surface area contributed by atoms with Gasteiger partial charge < -0.3 is 15.7 Å². The number of nitrogens with one attached hydrogen (secondary N) is 2. The van der Waals surface area contributed by atoms with Crippen LogP contribution in [0, 0.1) is 0 Å². The number of carbonyl (C=O) groups excluding carboxylic acids is 1. The van der Waals surface area contributed by atoms with E-state index in [2.05, 4.69) is 17.6 Å². The fourth-order valence-corrected chi connectivity index (χ4v) is 4.05. The van der Waals surface area contributed by atoms with Crippen LogP contribution in [0.4, 0.5) is 0 Å². The first kappa shape index (κ1) is 28.5. The van der Waals surface area contributed by atoms with Crippen LogP contribution >= 0.6 is 0 Å². The zero-order valence-corrected chi connectivity index (χ0v) is 21.0. The molecule has 0 fully saturated rings. The summed E-state index contributed by atoms with van der Waals surface area (Å²) in [4.78, 5) is 12.2. The molecule has 1 amide bonds. The first-order chi connectivity index (χ1) is 15.6. The molecule has 0 unspecified atom stereocenters. The summed E-state index contributed by atoms with van der Waals surface area (Å²) in [5.74, 6) is 0.294. The number of benzene rings is 1. The molecule has 1 aromatic rings. The van der Waals surface area contributed by atoms with E-state index in [1.807, 2.05) is 19.1 Å². The Morgan fingerprint density at radius 2 is 1.25 bits per heavy atom. The lowest BCUT2D eigenvalue weighted by Crippen LogP contribution is -2.42. The number of unbranched alkanes of at least 4 members (excludes halogenated alkanes) is 15. The summed E-state index contributed by atoms with van der Waals surface area (Å²) < 4.78 is 0. The van der Waals surface area contributed by atoms with Gasteiger partial charge in [0, 0.05) is 18.7 Å². The molecule has 0 aliphatic carbocycles. The van der Waals surface area contributed by atoms with E-state index in [1.165, 1.54) is 96.3 Å². The number of amides is 1. The molecule has 4 heteroatoms. The van der Waals surface area contributed by atoms with Crippen molar-refractivity contribution in [1.29, 1.82) is 0 Å². The van der Waals surface area contributed by atoms with E-state index in [1.54, 1.807) is 12.1 Å². The van der Waals surface area contributed by atoms with Crippen LogP contribution in [0.15, 0.2) is 24.3 Å². The molecule has 0 heterocycles. The summed E-state index contributed by atoms with van der Waals surface area (Å²) >= 11 is 0. The van der Waals surface area contributed by atoms with E-state index in [0.29, 0.717) is 6.54 Å². The molecular weight excluding hydrogens is 396 g/mol. The second-order valence-electron chi connectivity index (χ2n) is 9.33.